The fourth-order valence-corrected chi connectivity index (χ4v) is 6.20. The molecule has 7 nitrogen and oxygen atoms in total. The lowest BCUT2D eigenvalue weighted by Crippen LogP contribution is -2.35. The van der Waals surface area contributed by atoms with Gasteiger partial charge in [-0.25, -0.2) is 9.37 Å². The number of aryl methyl sites for hydroxylation is 1. The molecule has 0 aliphatic carbocycles. The Morgan fingerprint density at radius 2 is 1.95 bits per heavy atom. The van der Waals surface area contributed by atoms with Crippen molar-refractivity contribution in [1.82, 2.24) is 19.4 Å². The minimum Gasteiger partial charge on any atom is -0.497 e. The summed E-state index contributed by atoms with van der Waals surface area (Å²) in [5.74, 6) is 0.744. The first-order valence-electron chi connectivity index (χ1n) is 12.4. The van der Waals surface area contributed by atoms with Crippen LogP contribution in [0, 0.1) is 12.7 Å². The molecule has 1 aliphatic heterocycles. The molecule has 0 spiro atoms. The number of fused-ring (bicyclic) bond motifs is 2. The summed E-state index contributed by atoms with van der Waals surface area (Å²) >= 11 is 1.48. The lowest BCUT2D eigenvalue weighted by atomic mass is 9.91. The van der Waals surface area contributed by atoms with E-state index in [0.29, 0.717) is 17.0 Å². The van der Waals surface area contributed by atoms with Gasteiger partial charge in [-0.1, -0.05) is 5.16 Å². The number of halogens is 1. The summed E-state index contributed by atoms with van der Waals surface area (Å²) in [5.41, 5.74) is 4.78. The standard InChI is InChI=1S/C28H27FN4O3S/c1-17-22(27(34)33-24(16-37-28(33)30-17)18-3-6-21(35-2)7-4-18)11-14-32-12-9-19(10-13-32)26-23-8-5-20(29)15-25(23)36-31-26/h3-8,15-16,19H,9-14H2,1-2H3. The number of thiazole rings is 1. The van der Waals surface area contributed by atoms with Crippen LogP contribution in [-0.4, -0.2) is 46.2 Å². The number of benzene rings is 2. The molecule has 5 aromatic rings. The smallest absolute Gasteiger partial charge is 0.262 e. The third kappa shape index (κ3) is 4.42. The summed E-state index contributed by atoms with van der Waals surface area (Å²) in [5, 5.41) is 7.13. The van der Waals surface area contributed by atoms with E-state index in [1.54, 1.807) is 17.6 Å². The largest absolute Gasteiger partial charge is 0.497 e. The minimum absolute atomic E-state index is 0.00533. The average Bonchev–Trinajstić information content (AvgIpc) is 3.53. The van der Waals surface area contributed by atoms with Gasteiger partial charge in [0.1, 0.15) is 11.6 Å². The van der Waals surface area contributed by atoms with Gasteiger partial charge in [-0.15, -0.1) is 11.3 Å². The van der Waals surface area contributed by atoms with Crippen molar-refractivity contribution < 1.29 is 13.7 Å². The van der Waals surface area contributed by atoms with Gasteiger partial charge in [0.05, 0.1) is 18.5 Å². The van der Waals surface area contributed by atoms with Crippen LogP contribution in [0.3, 0.4) is 0 Å². The summed E-state index contributed by atoms with van der Waals surface area (Å²) < 4.78 is 25.9. The monoisotopic (exact) mass is 518 g/mol. The molecule has 190 valence electrons. The van der Waals surface area contributed by atoms with Crippen LogP contribution in [0.1, 0.15) is 35.7 Å². The Bertz CT molecular complexity index is 1630. The number of rotatable bonds is 6. The van der Waals surface area contributed by atoms with E-state index in [4.69, 9.17) is 14.2 Å². The molecule has 37 heavy (non-hydrogen) atoms. The Kier molecular flexibility index (Phi) is 6.26. The first-order valence-corrected chi connectivity index (χ1v) is 13.3. The molecule has 0 radical (unpaired) electrons. The number of hydrogen-bond donors (Lipinski definition) is 0. The molecule has 1 aliphatic rings. The Labute approximate surface area is 217 Å². The average molecular weight is 519 g/mol. The summed E-state index contributed by atoms with van der Waals surface area (Å²) in [6.07, 6.45) is 2.54. The number of aromatic nitrogens is 3. The fraction of sp³-hybridized carbons (Fsp3) is 0.321. The summed E-state index contributed by atoms with van der Waals surface area (Å²) in [7, 11) is 1.64. The van der Waals surface area contributed by atoms with E-state index in [1.165, 1.54) is 23.5 Å². The second kappa shape index (κ2) is 9.72. The first kappa shape index (κ1) is 23.8. The zero-order chi connectivity index (χ0) is 25.5. The molecule has 3 aromatic heterocycles. The molecule has 2 aromatic carbocycles. The first-order chi connectivity index (χ1) is 18.0. The van der Waals surface area contributed by atoms with E-state index < -0.39 is 0 Å². The zero-order valence-electron chi connectivity index (χ0n) is 20.7. The number of likely N-dealkylation sites (tertiary alicyclic amines) is 1. The summed E-state index contributed by atoms with van der Waals surface area (Å²) in [6.45, 7) is 4.54. The highest BCUT2D eigenvalue weighted by Gasteiger charge is 2.25. The molecular weight excluding hydrogens is 491 g/mol. The molecule has 0 amide bonds. The summed E-state index contributed by atoms with van der Waals surface area (Å²) in [4.78, 5) is 21.5. The zero-order valence-corrected chi connectivity index (χ0v) is 21.6. The van der Waals surface area contributed by atoms with E-state index >= 15 is 0 Å². The molecule has 0 unspecified atom stereocenters. The van der Waals surface area contributed by atoms with Crippen LogP contribution in [0.4, 0.5) is 4.39 Å². The second-order valence-corrected chi connectivity index (χ2v) is 10.4. The highest BCUT2D eigenvalue weighted by atomic mass is 32.1. The Hall–Kier alpha value is -3.56. The molecule has 4 heterocycles. The van der Waals surface area contributed by atoms with Gasteiger partial charge in [0.25, 0.3) is 5.56 Å². The molecular formula is C28H27FN4O3S. The molecule has 6 rings (SSSR count). The molecule has 1 saturated heterocycles. The highest BCUT2D eigenvalue weighted by Crippen LogP contribution is 2.33. The molecule has 0 bridgehead atoms. The van der Waals surface area contributed by atoms with Gasteiger partial charge in [-0.3, -0.25) is 9.20 Å². The van der Waals surface area contributed by atoms with Crippen molar-refractivity contribution in [3.8, 4) is 17.0 Å². The fourth-order valence-electron chi connectivity index (χ4n) is 5.26. The maximum Gasteiger partial charge on any atom is 0.262 e. The molecule has 1 fully saturated rings. The maximum atomic E-state index is 13.6. The maximum absolute atomic E-state index is 13.6. The summed E-state index contributed by atoms with van der Waals surface area (Å²) in [6, 6.07) is 12.3. The van der Waals surface area contributed by atoms with Crippen LogP contribution < -0.4 is 10.3 Å². The van der Waals surface area contributed by atoms with Crippen LogP contribution in [0.2, 0.25) is 0 Å². The third-order valence-electron chi connectivity index (χ3n) is 7.37. The molecule has 0 atom stereocenters. The van der Waals surface area contributed by atoms with Crippen LogP contribution in [0.15, 0.2) is 57.2 Å². The predicted molar refractivity (Wildman–Crippen MR) is 142 cm³/mol. The number of nitrogens with zero attached hydrogens (tertiary/aromatic N) is 4. The second-order valence-electron chi connectivity index (χ2n) is 9.52. The van der Waals surface area contributed by atoms with Crippen LogP contribution in [0.25, 0.3) is 27.2 Å². The van der Waals surface area contributed by atoms with Crippen molar-refractivity contribution in [2.75, 3.05) is 26.7 Å². The van der Waals surface area contributed by atoms with Crippen LogP contribution in [-0.2, 0) is 6.42 Å². The highest BCUT2D eigenvalue weighted by molar-refractivity contribution is 7.15. The van der Waals surface area contributed by atoms with Crippen LogP contribution in [0.5, 0.6) is 5.75 Å². The van der Waals surface area contributed by atoms with Gasteiger partial charge in [0, 0.05) is 40.6 Å². The van der Waals surface area contributed by atoms with Crippen molar-refractivity contribution in [3.63, 3.8) is 0 Å². The number of piperidine rings is 1. The Balaban J connectivity index is 1.17. The quantitative estimate of drug-likeness (QED) is 0.298. The van der Waals surface area contributed by atoms with Crippen molar-refractivity contribution in [3.05, 3.63) is 81.0 Å². The topological polar surface area (TPSA) is 72.9 Å². The predicted octanol–water partition coefficient (Wildman–Crippen LogP) is 5.44. The van der Waals surface area contributed by atoms with Gasteiger partial charge < -0.3 is 14.2 Å². The van der Waals surface area contributed by atoms with Gasteiger partial charge in [0.2, 0.25) is 0 Å². The number of hydrogen-bond acceptors (Lipinski definition) is 7. The van der Waals surface area contributed by atoms with E-state index in [9.17, 15) is 9.18 Å². The van der Waals surface area contributed by atoms with Crippen molar-refractivity contribution in [2.24, 2.45) is 0 Å². The Morgan fingerprint density at radius 1 is 1.16 bits per heavy atom. The third-order valence-corrected chi connectivity index (χ3v) is 8.20. The normalized spacial score (nSPS) is 15.1. The van der Waals surface area contributed by atoms with Crippen molar-refractivity contribution in [2.45, 2.75) is 32.1 Å². The molecule has 0 N–H and O–H groups in total. The molecule has 0 saturated carbocycles. The van der Waals surface area contributed by atoms with Crippen molar-refractivity contribution in [1.29, 1.82) is 0 Å². The van der Waals surface area contributed by atoms with E-state index in [0.717, 1.165) is 71.8 Å². The SMILES string of the molecule is COc1ccc(-c2csc3nc(C)c(CCN4CCC(c5noc6cc(F)ccc56)CC4)c(=O)n23)cc1. The Morgan fingerprint density at radius 3 is 2.70 bits per heavy atom. The van der Waals surface area contributed by atoms with Gasteiger partial charge >= 0.3 is 0 Å². The van der Waals surface area contributed by atoms with Crippen LogP contribution >= 0.6 is 11.3 Å². The number of methoxy groups -OCH3 is 1. The number of ether oxygens (including phenoxy) is 1. The van der Waals surface area contributed by atoms with Gasteiger partial charge in [-0.2, -0.15) is 0 Å². The molecule has 9 heteroatoms. The van der Waals surface area contributed by atoms with Gasteiger partial charge in [-0.05, 0) is 81.2 Å². The lowest BCUT2D eigenvalue weighted by molar-refractivity contribution is 0.211. The lowest BCUT2D eigenvalue weighted by Gasteiger charge is -2.31. The van der Waals surface area contributed by atoms with E-state index in [2.05, 4.69) is 10.1 Å². The minimum atomic E-state index is -0.317. The van der Waals surface area contributed by atoms with Gasteiger partial charge in [0.15, 0.2) is 10.5 Å². The van der Waals surface area contributed by atoms with Crippen molar-refractivity contribution >= 4 is 27.3 Å². The van der Waals surface area contributed by atoms with E-state index in [1.807, 2.05) is 36.6 Å². The van der Waals surface area contributed by atoms with E-state index in [-0.39, 0.29) is 17.3 Å².